The molecule has 3 atom stereocenters. The Morgan fingerprint density at radius 3 is 3.05 bits per heavy atom. The molecular weight excluding hydrogens is 358 g/mol. The van der Waals surface area contributed by atoms with Gasteiger partial charge in [-0.2, -0.15) is 0 Å². The highest BCUT2D eigenvalue weighted by Gasteiger charge is 2.43. The van der Waals surface area contributed by atoms with Crippen LogP contribution in [0.4, 0.5) is 0 Å². The molecular formula is C15H17BrClNO3. The van der Waals surface area contributed by atoms with Gasteiger partial charge in [0.1, 0.15) is 18.5 Å². The van der Waals surface area contributed by atoms with Crippen molar-refractivity contribution in [3.63, 3.8) is 0 Å². The number of carbonyl (C=O) groups excluding carboxylic acids is 1. The lowest BCUT2D eigenvalue weighted by atomic mass is 9.87. The predicted molar refractivity (Wildman–Crippen MR) is 84.0 cm³/mol. The first-order chi connectivity index (χ1) is 10.0. The summed E-state index contributed by atoms with van der Waals surface area (Å²) >= 11 is 9.62. The lowest BCUT2D eigenvalue weighted by molar-refractivity contribution is -0.140. The van der Waals surface area contributed by atoms with Crippen molar-refractivity contribution >= 4 is 33.4 Å². The van der Waals surface area contributed by atoms with Gasteiger partial charge in [-0.05, 0) is 28.9 Å². The topological polar surface area (TPSA) is 38.8 Å². The molecule has 114 valence electrons. The molecule has 1 saturated heterocycles. The maximum atomic E-state index is 12.2. The number of hydrogen-bond donors (Lipinski definition) is 0. The second-order valence-electron chi connectivity index (χ2n) is 5.61. The lowest BCUT2D eigenvalue weighted by Crippen LogP contribution is -2.50. The number of benzene rings is 1. The van der Waals surface area contributed by atoms with Crippen molar-refractivity contribution < 1.29 is 14.3 Å². The van der Waals surface area contributed by atoms with Gasteiger partial charge in [-0.3, -0.25) is 4.79 Å². The molecule has 1 fully saturated rings. The summed E-state index contributed by atoms with van der Waals surface area (Å²) in [5, 5.41) is 0.646. The molecule has 6 heteroatoms. The zero-order chi connectivity index (χ0) is 15.1. The van der Waals surface area contributed by atoms with E-state index in [2.05, 4.69) is 22.9 Å². The van der Waals surface area contributed by atoms with Gasteiger partial charge in [0.05, 0.1) is 9.50 Å². The van der Waals surface area contributed by atoms with Gasteiger partial charge >= 0.3 is 0 Å². The molecule has 3 rings (SSSR count). The van der Waals surface area contributed by atoms with Crippen molar-refractivity contribution in [3.05, 3.63) is 27.2 Å². The third kappa shape index (κ3) is 2.56. The highest BCUT2D eigenvalue weighted by molar-refractivity contribution is 9.10. The number of rotatable bonds is 2. The molecule has 0 spiro atoms. The fourth-order valence-corrected chi connectivity index (χ4v) is 3.83. The van der Waals surface area contributed by atoms with E-state index < -0.39 is 0 Å². The number of nitrogens with zero attached hydrogens (tertiary/aromatic N) is 1. The minimum Gasteiger partial charge on any atom is -0.488 e. The molecule has 0 aliphatic carbocycles. The first kappa shape index (κ1) is 15.1. The molecule has 0 N–H and O–H groups in total. The zero-order valence-electron chi connectivity index (χ0n) is 11.9. The molecule has 4 nitrogen and oxygen atoms in total. The summed E-state index contributed by atoms with van der Waals surface area (Å²) in [6.07, 6.45) is 0.926. The number of methoxy groups -OCH3 is 1. The maximum absolute atomic E-state index is 12.2. The van der Waals surface area contributed by atoms with Gasteiger partial charge in [0, 0.05) is 37.6 Å². The second kappa shape index (κ2) is 5.78. The second-order valence-corrected chi connectivity index (χ2v) is 6.81. The molecule has 0 bridgehead atoms. The zero-order valence-corrected chi connectivity index (χ0v) is 14.3. The number of ether oxygens (including phenoxy) is 2. The van der Waals surface area contributed by atoms with Crippen molar-refractivity contribution in [2.45, 2.75) is 31.4 Å². The van der Waals surface area contributed by atoms with Crippen LogP contribution in [-0.2, 0) is 9.53 Å². The minimum absolute atomic E-state index is 0.0323. The quantitative estimate of drug-likeness (QED) is 0.798. The summed E-state index contributed by atoms with van der Waals surface area (Å²) in [5.41, 5.74) is 1.12. The summed E-state index contributed by atoms with van der Waals surface area (Å²) in [7, 11) is 1.54. The number of carbonyl (C=O) groups is 1. The fourth-order valence-electron chi connectivity index (χ4n) is 3.23. The van der Waals surface area contributed by atoms with E-state index in [0.29, 0.717) is 11.6 Å². The molecule has 2 aliphatic heterocycles. The van der Waals surface area contributed by atoms with Crippen LogP contribution in [0.5, 0.6) is 5.75 Å². The van der Waals surface area contributed by atoms with Crippen LogP contribution in [0.25, 0.3) is 0 Å². The minimum atomic E-state index is 0.0323. The Morgan fingerprint density at radius 2 is 2.33 bits per heavy atom. The monoisotopic (exact) mass is 373 g/mol. The van der Waals surface area contributed by atoms with E-state index in [1.807, 2.05) is 17.0 Å². The van der Waals surface area contributed by atoms with Crippen LogP contribution >= 0.6 is 27.5 Å². The third-order valence-electron chi connectivity index (χ3n) is 4.28. The van der Waals surface area contributed by atoms with Crippen molar-refractivity contribution in [1.82, 2.24) is 4.90 Å². The largest absolute Gasteiger partial charge is 0.488 e. The van der Waals surface area contributed by atoms with Crippen molar-refractivity contribution in [3.8, 4) is 5.75 Å². The van der Waals surface area contributed by atoms with Crippen molar-refractivity contribution in [1.29, 1.82) is 0 Å². The van der Waals surface area contributed by atoms with Gasteiger partial charge in [-0.1, -0.05) is 17.7 Å². The van der Waals surface area contributed by atoms with E-state index in [1.54, 1.807) is 7.11 Å². The molecule has 21 heavy (non-hydrogen) atoms. The molecule has 2 unspecified atom stereocenters. The van der Waals surface area contributed by atoms with E-state index >= 15 is 0 Å². The van der Waals surface area contributed by atoms with E-state index in [9.17, 15) is 4.79 Å². The van der Waals surface area contributed by atoms with Crippen LogP contribution in [0, 0.1) is 0 Å². The molecule has 0 radical (unpaired) electrons. The molecule has 0 saturated carbocycles. The van der Waals surface area contributed by atoms with Crippen LogP contribution in [0.3, 0.4) is 0 Å². The average Bonchev–Trinajstić information content (AvgIpc) is 2.80. The van der Waals surface area contributed by atoms with E-state index in [4.69, 9.17) is 21.1 Å². The highest BCUT2D eigenvalue weighted by Crippen LogP contribution is 2.48. The number of hydrogen-bond acceptors (Lipinski definition) is 3. The summed E-state index contributed by atoms with van der Waals surface area (Å²) in [5.74, 6) is 1.06. The normalized spacial score (nSPS) is 27.0. The first-order valence-corrected chi connectivity index (χ1v) is 8.13. The van der Waals surface area contributed by atoms with Gasteiger partial charge in [0.15, 0.2) is 0 Å². The van der Waals surface area contributed by atoms with Gasteiger partial charge in [-0.25, -0.2) is 0 Å². The lowest BCUT2D eigenvalue weighted by Gasteiger charge is -2.39. The predicted octanol–water partition coefficient (Wildman–Crippen LogP) is 3.21. The van der Waals surface area contributed by atoms with Crippen LogP contribution in [0.1, 0.15) is 24.8 Å². The highest BCUT2D eigenvalue weighted by atomic mass is 79.9. The summed E-state index contributed by atoms with van der Waals surface area (Å²) in [6, 6.07) is 4.02. The molecule has 1 amide bonds. The maximum Gasteiger partial charge on any atom is 0.248 e. The number of fused-ring (bicyclic) bond motifs is 3. The van der Waals surface area contributed by atoms with Gasteiger partial charge in [0.25, 0.3) is 0 Å². The Bertz CT molecular complexity index is 580. The van der Waals surface area contributed by atoms with Crippen LogP contribution in [0.2, 0.25) is 5.02 Å². The van der Waals surface area contributed by atoms with Crippen LogP contribution < -0.4 is 4.74 Å². The Kier molecular flexibility index (Phi) is 4.17. The Labute approximate surface area is 137 Å². The first-order valence-electron chi connectivity index (χ1n) is 6.96. The average molecular weight is 375 g/mol. The smallest absolute Gasteiger partial charge is 0.248 e. The van der Waals surface area contributed by atoms with Gasteiger partial charge in [0.2, 0.25) is 5.91 Å². The SMILES string of the molecule is COCC(=O)N1CC2c3ccc(Cl)c(Br)c3OC2C[C@H]1C. The van der Waals surface area contributed by atoms with E-state index in [0.717, 1.165) is 22.2 Å². The van der Waals surface area contributed by atoms with Crippen LogP contribution in [0.15, 0.2) is 16.6 Å². The molecule has 2 heterocycles. The molecule has 1 aromatic rings. The van der Waals surface area contributed by atoms with Crippen molar-refractivity contribution in [2.75, 3.05) is 20.3 Å². The van der Waals surface area contributed by atoms with Gasteiger partial charge in [-0.15, -0.1) is 0 Å². The Balaban J connectivity index is 1.88. The van der Waals surface area contributed by atoms with E-state index in [1.165, 1.54) is 0 Å². The van der Waals surface area contributed by atoms with Crippen LogP contribution in [-0.4, -0.2) is 43.2 Å². The Hall–Kier alpha value is -0.780. The molecule has 1 aromatic carbocycles. The Morgan fingerprint density at radius 1 is 1.57 bits per heavy atom. The number of piperidine rings is 1. The molecule has 0 aromatic heterocycles. The number of likely N-dealkylation sites (tertiary alicyclic amines) is 1. The standard InChI is InChI=1S/C15H17BrClNO3/c1-8-5-12-10(6-18(8)13(19)7-20-2)9-3-4-11(17)14(16)15(9)21-12/h3-4,8,10,12H,5-7H2,1-2H3/t8-,10?,12?/m1/s1. The summed E-state index contributed by atoms with van der Waals surface area (Å²) in [4.78, 5) is 14.1. The van der Waals surface area contributed by atoms with Crippen molar-refractivity contribution in [2.24, 2.45) is 0 Å². The summed E-state index contributed by atoms with van der Waals surface area (Å²) in [6.45, 7) is 2.84. The third-order valence-corrected chi connectivity index (χ3v) is 5.62. The van der Waals surface area contributed by atoms with E-state index in [-0.39, 0.29) is 30.6 Å². The van der Waals surface area contributed by atoms with Gasteiger partial charge < -0.3 is 14.4 Å². The number of halogens is 2. The summed E-state index contributed by atoms with van der Waals surface area (Å²) < 4.78 is 11.9. The molecule has 2 aliphatic rings. The fraction of sp³-hybridized carbons (Fsp3) is 0.533. The number of amides is 1.